The number of amides is 1. The van der Waals surface area contributed by atoms with E-state index < -0.39 is 0 Å². The van der Waals surface area contributed by atoms with Crippen molar-refractivity contribution in [1.82, 2.24) is 5.32 Å². The molecule has 3 N–H and O–H groups in total. The molecular formula is C24H29ClN2O2. The lowest BCUT2D eigenvalue weighted by molar-refractivity contribution is -0.117. The van der Waals surface area contributed by atoms with Crippen LogP contribution in [-0.4, -0.2) is 5.91 Å². The Balaban J connectivity index is 2.85. The highest BCUT2D eigenvalue weighted by Crippen LogP contribution is 2.21. The van der Waals surface area contributed by atoms with Crippen LogP contribution in [0.1, 0.15) is 32.8 Å². The standard InChI is InChI=1S/C24H29ClN2O2/c1-6-10-23(18(4)25)29-21-13-9-12-20(15-21)16-27-24(28)22(19(5)26)14-8-11-17(3)7-2/h6,8-15H,1,4,7,16,26H2,2-3,5H3,(H,27,28)/b14-8-,17-11?,22-19-,23-10+. The predicted octanol–water partition coefficient (Wildman–Crippen LogP) is 5.65. The molecule has 0 spiro atoms. The van der Waals surface area contributed by atoms with E-state index in [1.54, 1.807) is 31.2 Å². The minimum absolute atomic E-state index is 0.239. The lowest BCUT2D eigenvalue weighted by Gasteiger charge is -2.11. The Kier molecular flexibility index (Phi) is 10.3. The van der Waals surface area contributed by atoms with Crippen LogP contribution in [0.2, 0.25) is 0 Å². The summed E-state index contributed by atoms with van der Waals surface area (Å²) in [5.74, 6) is 0.751. The molecule has 0 aromatic heterocycles. The van der Waals surface area contributed by atoms with Crippen LogP contribution in [0.3, 0.4) is 0 Å². The molecule has 0 aliphatic heterocycles. The van der Waals surface area contributed by atoms with E-state index in [4.69, 9.17) is 22.1 Å². The van der Waals surface area contributed by atoms with Gasteiger partial charge in [-0.25, -0.2) is 0 Å². The fraction of sp³-hybridized carbons (Fsp3) is 0.208. The Morgan fingerprint density at radius 3 is 2.62 bits per heavy atom. The number of nitrogens with two attached hydrogens (primary N) is 1. The minimum Gasteiger partial charge on any atom is -0.456 e. The first-order chi connectivity index (χ1) is 13.8. The van der Waals surface area contributed by atoms with E-state index in [-0.39, 0.29) is 10.9 Å². The van der Waals surface area contributed by atoms with Gasteiger partial charge in [-0.2, -0.15) is 0 Å². The largest absolute Gasteiger partial charge is 0.456 e. The van der Waals surface area contributed by atoms with Crippen LogP contribution in [0.15, 0.2) is 95.4 Å². The normalized spacial score (nSPS) is 13.1. The third kappa shape index (κ3) is 8.71. The van der Waals surface area contributed by atoms with E-state index in [9.17, 15) is 4.79 Å². The molecule has 1 aromatic rings. The summed E-state index contributed by atoms with van der Waals surface area (Å²) in [4.78, 5) is 12.5. The number of nitrogens with one attached hydrogen (secondary N) is 1. The second kappa shape index (κ2) is 12.5. The summed E-state index contributed by atoms with van der Waals surface area (Å²) in [7, 11) is 0. The number of carbonyl (C=O) groups is 1. The topological polar surface area (TPSA) is 64.3 Å². The molecule has 0 aliphatic rings. The molecule has 0 saturated carbocycles. The van der Waals surface area contributed by atoms with Crippen LogP contribution in [0.5, 0.6) is 5.75 Å². The van der Waals surface area contributed by atoms with E-state index in [1.165, 1.54) is 5.57 Å². The van der Waals surface area contributed by atoms with E-state index in [2.05, 4.69) is 25.4 Å². The Bertz CT molecular complexity index is 873. The molecule has 1 rings (SSSR count). The maximum absolute atomic E-state index is 12.5. The smallest absolute Gasteiger partial charge is 0.253 e. The van der Waals surface area contributed by atoms with Crippen LogP contribution in [-0.2, 0) is 11.3 Å². The number of allylic oxidation sites excluding steroid dienone is 7. The summed E-state index contributed by atoms with van der Waals surface area (Å²) < 4.78 is 5.73. The van der Waals surface area contributed by atoms with Gasteiger partial charge in [0.15, 0.2) is 0 Å². The van der Waals surface area contributed by atoms with Crippen LogP contribution in [0.4, 0.5) is 0 Å². The van der Waals surface area contributed by atoms with Crippen molar-refractivity contribution in [2.75, 3.05) is 0 Å². The van der Waals surface area contributed by atoms with Gasteiger partial charge in [-0.05, 0) is 50.1 Å². The fourth-order valence-electron chi connectivity index (χ4n) is 2.22. The van der Waals surface area contributed by atoms with Gasteiger partial charge in [0.05, 0.1) is 10.6 Å². The van der Waals surface area contributed by atoms with E-state index in [0.29, 0.717) is 29.3 Å². The molecule has 0 radical (unpaired) electrons. The molecule has 0 unspecified atom stereocenters. The Morgan fingerprint density at radius 1 is 1.31 bits per heavy atom. The lowest BCUT2D eigenvalue weighted by Crippen LogP contribution is -2.25. The van der Waals surface area contributed by atoms with Crippen molar-refractivity contribution in [3.63, 3.8) is 0 Å². The fourth-order valence-corrected chi connectivity index (χ4v) is 2.32. The van der Waals surface area contributed by atoms with Crippen LogP contribution >= 0.6 is 11.6 Å². The number of rotatable bonds is 10. The number of hydrogen-bond donors (Lipinski definition) is 2. The van der Waals surface area contributed by atoms with Crippen molar-refractivity contribution in [1.29, 1.82) is 0 Å². The molecular weight excluding hydrogens is 384 g/mol. The van der Waals surface area contributed by atoms with Crippen molar-refractivity contribution in [3.8, 4) is 5.75 Å². The highest BCUT2D eigenvalue weighted by molar-refractivity contribution is 6.31. The van der Waals surface area contributed by atoms with Gasteiger partial charge >= 0.3 is 0 Å². The van der Waals surface area contributed by atoms with Gasteiger partial charge < -0.3 is 15.8 Å². The van der Waals surface area contributed by atoms with Gasteiger partial charge in [-0.15, -0.1) is 0 Å². The first-order valence-corrected chi connectivity index (χ1v) is 9.68. The van der Waals surface area contributed by atoms with Gasteiger partial charge in [0.1, 0.15) is 11.5 Å². The molecule has 5 heteroatoms. The van der Waals surface area contributed by atoms with Gasteiger partial charge in [0.2, 0.25) is 0 Å². The maximum Gasteiger partial charge on any atom is 0.253 e. The molecule has 0 heterocycles. The quantitative estimate of drug-likeness (QED) is 0.296. The molecule has 0 fully saturated rings. The highest BCUT2D eigenvalue weighted by Gasteiger charge is 2.09. The zero-order chi connectivity index (χ0) is 21.8. The average molecular weight is 413 g/mol. The molecule has 0 saturated heterocycles. The zero-order valence-electron chi connectivity index (χ0n) is 17.3. The summed E-state index contributed by atoms with van der Waals surface area (Å²) in [5.41, 5.74) is 8.87. The highest BCUT2D eigenvalue weighted by atomic mass is 35.5. The summed E-state index contributed by atoms with van der Waals surface area (Å²) in [6, 6.07) is 7.34. The number of ether oxygens (including phenoxy) is 1. The number of hydrogen-bond acceptors (Lipinski definition) is 3. The minimum atomic E-state index is -0.239. The number of benzene rings is 1. The van der Waals surface area contributed by atoms with Crippen molar-refractivity contribution in [2.24, 2.45) is 5.73 Å². The van der Waals surface area contributed by atoms with Crippen molar-refractivity contribution >= 4 is 17.5 Å². The molecule has 1 aromatic carbocycles. The summed E-state index contributed by atoms with van der Waals surface area (Å²) in [6.45, 7) is 13.4. The van der Waals surface area contributed by atoms with E-state index in [1.807, 2.05) is 37.3 Å². The van der Waals surface area contributed by atoms with Crippen LogP contribution in [0.25, 0.3) is 0 Å². The van der Waals surface area contributed by atoms with Gasteiger partial charge in [0, 0.05) is 12.2 Å². The van der Waals surface area contributed by atoms with Gasteiger partial charge in [-0.3, -0.25) is 4.79 Å². The number of halogens is 1. The summed E-state index contributed by atoms with van der Waals surface area (Å²) >= 11 is 5.93. The second-order valence-corrected chi connectivity index (χ2v) is 6.88. The summed E-state index contributed by atoms with van der Waals surface area (Å²) in [5, 5.41) is 3.16. The molecule has 154 valence electrons. The third-order valence-electron chi connectivity index (χ3n) is 3.99. The third-order valence-corrected chi connectivity index (χ3v) is 4.17. The van der Waals surface area contributed by atoms with Crippen molar-refractivity contribution in [2.45, 2.75) is 33.7 Å². The first-order valence-electron chi connectivity index (χ1n) is 9.31. The summed E-state index contributed by atoms with van der Waals surface area (Å²) in [6.07, 6.45) is 9.69. The maximum atomic E-state index is 12.5. The second-order valence-electron chi connectivity index (χ2n) is 6.43. The van der Waals surface area contributed by atoms with Crippen molar-refractivity contribution in [3.05, 3.63) is 101 Å². The predicted molar refractivity (Wildman–Crippen MR) is 122 cm³/mol. The monoisotopic (exact) mass is 412 g/mol. The van der Waals surface area contributed by atoms with Crippen molar-refractivity contribution < 1.29 is 9.53 Å². The molecule has 0 atom stereocenters. The Morgan fingerprint density at radius 2 is 2.03 bits per heavy atom. The molecule has 0 bridgehead atoms. The molecule has 0 aliphatic carbocycles. The van der Waals surface area contributed by atoms with Crippen LogP contribution < -0.4 is 15.8 Å². The lowest BCUT2D eigenvalue weighted by atomic mass is 10.1. The van der Waals surface area contributed by atoms with Gasteiger partial charge in [0.25, 0.3) is 5.91 Å². The number of carbonyl (C=O) groups excluding carboxylic acids is 1. The van der Waals surface area contributed by atoms with E-state index >= 15 is 0 Å². The molecule has 4 nitrogen and oxygen atoms in total. The average Bonchev–Trinajstić information content (AvgIpc) is 2.68. The van der Waals surface area contributed by atoms with E-state index in [0.717, 1.165) is 12.0 Å². The Hall–Kier alpha value is -2.98. The van der Waals surface area contributed by atoms with Gasteiger partial charge in [-0.1, -0.05) is 67.6 Å². The van der Waals surface area contributed by atoms with Crippen LogP contribution in [0, 0.1) is 0 Å². The SMILES string of the molecule is C=C/C=C(/Oc1cccc(CNC(=O)C(/C=C\C=C(C)CC)=C(/C)N)c1)C(=C)Cl. The molecule has 29 heavy (non-hydrogen) atoms. The molecule has 1 amide bonds. The Labute approximate surface area is 178 Å². The first kappa shape index (κ1) is 24.1. The zero-order valence-corrected chi connectivity index (χ0v) is 18.1.